The van der Waals surface area contributed by atoms with E-state index in [4.69, 9.17) is 5.11 Å². The summed E-state index contributed by atoms with van der Waals surface area (Å²) in [6.45, 7) is 0.524. The Balaban J connectivity index is 1.99. The van der Waals surface area contributed by atoms with Gasteiger partial charge in [0, 0.05) is 24.7 Å². The quantitative estimate of drug-likeness (QED) is 0.749. The molecule has 0 bridgehead atoms. The zero-order valence-corrected chi connectivity index (χ0v) is 10.6. The molecule has 7 nitrogen and oxygen atoms in total. The van der Waals surface area contributed by atoms with Crippen LogP contribution in [0.2, 0.25) is 0 Å². The number of carboxylic acids is 1. The number of nitrogens with zero attached hydrogens (tertiary/aromatic N) is 1. The third kappa shape index (κ3) is 3.05. The van der Waals surface area contributed by atoms with Crippen molar-refractivity contribution in [3.63, 3.8) is 0 Å². The Kier molecular flexibility index (Phi) is 3.88. The third-order valence-corrected chi connectivity index (χ3v) is 3.02. The van der Waals surface area contributed by atoms with Gasteiger partial charge in [-0.15, -0.1) is 0 Å². The maximum absolute atomic E-state index is 11.7. The highest BCUT2D eigenvalue weighted by molar-refractivity contribution is 5.96. The van der Waals surface area contributed by atoms with E-state index in [0.29, 0.717) is 13.0 Å². The van der Waals surface area contributed by atoms with Crippen LogP contribution in [0.4, 0.5) is 5.69 Å². The van der Waals surface area contributed by atoms with Crippen molar-refractivity contribution >= 4 is 23.5 Å². The van der Waals surface area contributed by atoms with Crippen LogP contribution in [0.1, 0.15) is 23.2 Å². The first kappa shape index (κ1) is 13.9. The Morgan fingerprint density at radius 1 is 1.35 bits per heavy atom. The number of hydrogen-bond acceptors (Lipinski definition) is 4. The number of amides is 2. The SMILES string of the molecule is O=C(CN1CCCC1=O)Nc1ccc(C(=O)O)c(O)c1. The minimum Gasteiger partial charge on any atom is -0.507 e. The van der Waals surface area contributed by atoms with Crippen molar-refractivity contribution < 1.29 is 24.6 Å². The first-order valence-electron chi connectivity index (χ1n) is 6.11. The average Bonchev–Trinajstić information content (AvgIpc) is 2.74. The number of rotatable bonds is 4. The third-order valence-electron chi connectivity index (χ3n) is 3.02. The number of carboxylic acid groups (broad SMARTS) is 1. The van der Waals surface area contributed by atoms with Gasteiger partial charge in [0.05, 0.1) is 6.54 Å². The molecule has 1 aromatic rings. The number of nitrogens with one attached hydrogen (secondary N) is 1. The van der Waals surface area contributed by atoms with Crippen LogP contribution in [-0.4, -0.2) is 46.0 Å². The number of anilines is 1. The summed E-state index contributed by atoms with van der Waals surface area (Å²) in [6, 6.07) is 3.74. The highest BCUT2D eigenvalue weighted by Gasteiger charge is 2.22. The second-order valence-electron chi connectivity index (χ2n) is 4.50. The van der Waals surface area contributed by atoms with Crippen LogP contribution < -0.4 is 5.32 Å². The van der Waals surface area contributed by atoms with E-state index in [9.17, 15) is 19.5 Å². The van der Waals surface area contributed by atoms with Gasteiger partial charge in [-0.05, 0) is 18.6 Å². The number of aromatic hydroxyl groups is 1. The van der Waals surface area contributed by atoms with Crippen LogP contribution in [0, 0.1) is 0 Å². The number of aromatic carboxylic acids is 1. The Hall–Kier alpha value is -2.57. The van der Waals surface area contributed by atoms with E-state index in [1.165, 1.54) is 17.0 Å². The molecule has 106 valence electrons. The van der Waals surface area contributed by atoms with Crippen molar-refractivity contribution in [3.05, 3.63) is 23.8 Å². The number of phenols is 1. The molecule has 0 saturated carbocycles. The number of carbonyl (C=O) groups excluding carboxylic acids is 2. The lowest BCUT2D eigenvalue weighted by atomic mass is 10.2. The lowest BCUT2D eigenvalue weighted by Crippen LogP contribution is -2.33. The number of carbonyl (C=O) groups is 3. The highest BCUT2D eigenvalue weighted by Crippen LogP contribution is 2.22. The standard InChI is InChI=1S/C13H14N2O5/c16-10-6-8(3-4-9(10)13(19)20)14-11(17)7-15-5-1-2-12(15)18/h3-4,6,16H,1-2,5,7H2,(H,14,17)(H,19,20). The monoisotopic (exact) mass is 278 g/mol. The molecule has 3 N–H and O–H groups in total. The summed E-state index contributed by atoms with van der Waals surface area (Å²) in [5, 5.41) is 20.8. The van der Waals surface area contributed by atoms with Crippen molar-refractivity contribution in [3.8, 4) is 5.75 Å². The second-order valence-corrected chi connectivity index (χ2v) is 4.50. The Bertz CT molecular complexity index is 570. The molecular weight excluding hydrogens is 264 g/mol. The first-order chi connectivity index (χ1) is 9.47. The van der Waals surface area contributed by atoms with E-state index in [2.05, 4.69) is 5.32 Å². The average molecular weight is 278 g/mol. The molecule has 0 aromatic heterocycles. The summed E-state index contributed by atoms with van der Waals surface area (Å²) in [5.41, 5.74) is 0.0434. The maximum atomic E-state index is 11.7. The fourth-order valence-electron chi connectivity index (χ4n) is 2.04. The predicted molar refractivity (Wildman–Crippen MR) is 69.5 cm³/mol. The van der Waals surface area contributed by atoms with Gasteiger partial charge in [-0.25, -0.2) is 4.79 Å². The van der Waals surface area contributed by atoms with E-state index < -0.39 is 11.7 Å². The number of benzene rings is 1. The molecule has 7 heteroatoms. The van der Waals surface area contributed by atoms with Crippen LogP contribution in [0.5, 0.6) is 5.75 Å². The van der Waals surface area contributed by atoms with Crippen LogP contribution in [-0.2, 0) is 9.59 Å². The molecule has 1 saturated heterocycles. The van der Waals surface area contributed by atoms with Gasteiger partial charge in [-0.2, -0.15) is 0 Å². The summed E-state index contributed by atoms with van der Waals surface area (Å²) in [7, 11) is 0. The van der Waals surface area contributed by atoms with Crippen LogP contribution in [0.3, 0.4) is 0 Å². The number of hydrogen-bond donors (Lipinski definition) is 3. The Morgan fingerprint density at radius 2 is 2.10 bits per heavy atom. The maximum Gasteiger partial charge on any atom is 0.339 e. The largest absolute Gasteiger partial charge is 0.507 e. The minimum atomic E-state index is -1.25. The molecular formula is C13H14N2O5. The molecule has 2 amide bonds. The van der Waals surface area contributed by atoms with Gasteiger partial charge in [0.25, 0.3) is 0 Å². The van der Waals surface area contributed by atoms with Crippen molar-refractivity contribution in [2.75, 3.05) is 18.4 Å². The van der Waals surface area contributed by atoms with Gasteiger partial charge in [-0.3, -0.25) is 9.59 Å². The summed E-state index contributed by atoms with van der Waals surface area (Å²) < 4.78 is 0. The lowest BCUT2D eigenvalue weighted by Gasteiger charge is -2.15. The fourth-order valence-corrected chi connectivity index (χ4v) is 2.04. The van der Waals surface area contributed by atoms with Crippen LogP contribution >= 0.6 is 0 Å². The van der Waals surface area contributed by atoms with E-state index >= 15 is 0 Å². The Morgan fingerprint density at radius 3 is 2.65 bits per heavy atom. The molecule has 1 aliphatic heterocycles. The predicted octanol–water partition coefficient (Wildman–Crippen LogP) is 0.651. The molecule has 1 heterocycles. The Labute approximate surface area is 114 Å². The van der Waals surface area contributed by atoms with Crippen molar-refractivity contribution in [2.24, 2.45) is 0 Å². The molecule has 20 heavy (non-hydrogen) atoms. The molecule has 0 aliphatic carbocycles. The van der Waals surface area contributed by atoms with E-state index in [0.717, 1.165) is 12.5 Å². The van der Waals surface area contributed by atoms with E-state index in [1.54, 1.807) is 0 Å². The molecule has 0 radical (unpaired) electrons. The molecule has 1 fully saturated rings. The smallest absolute Gasteiger partial charge is 0.339 e. The molecule has 0 unspecified atom stereocenters. The van der Waals surface area contributed by atoms with Crippen molar-refractivity contribution in [1.82, 2.24) is 4.90 Å². The summed E-state index contributed by atoms with van der Waals surface area (Å²) in [5.74, 6) is -2.11. The van der Waals surface area contributed by atoms with E-state index in [-0.39, 0.29) is 29.6 Å². The summed E-state index contributed by atoms with van der Waals surface area (Å²) in [4.78, 5) is 35.3. The zero-order chi connectivity index (χ0) is 14.7. The zero-order valence-electron chi connectivity index (χ0n) is 10.6. The second kappa shape index (κ2) is 5.60. The summed E-state index contributed by atoms with van der Waals surface area (Å²) in [6.07, 6.45) is 1.21. The summed E-state index contributed by atoms with van der Waals surface area (Å²) >= 11 is 0. The van der Waals surface area contributed by atoms with Crippen molar-refractivity contribution in [2.45, 2.75) is 12.8 Å². The normalized spacial score (nSPS) is 14.4. The molecule has 1 aromatic carbocycles. The minimum absolute atomic E-state index is 0.0414. The fraction of sp³-hybridized carbons (Fsp3) is 0.308. The van der Waals surface area contributed by atoms with Gasteiger partial charge < -0.3 is 20.4 Å². The van der Waals surface area contributed by atoms with E-state index in [1.807, 2.05) is 0 Å². The van der Waals surface area contributed by atoms with Gasteiger partial charge in [0.1, 0.15) is 11.3 Å². The molecule has 1 aliphatic rings. The van der Waals surface area contributed by atoms with Gasteiger partial charge in [0.15, 0.2) is 0 Å². The number of likely N-dealkylation sites (tertiary alicyclic amines) is 1. The molecule has 0 atom stereocenters. The van der Waals surface area contributed by atoms with Gasteiger partial charge >= 0.3 is 5.97 Å². The van der Waals surface area contributed by atoms with Crippen LogP contribution in [0.15, 0.2) is 18.2 Å². The molecule has 2 rings (SSSR count). The highest BCUT2D eigenvalue weighted by atomic mass is 16.4. The van der Waals surface area contributed by atoms with Crippen LogP contribution in [0.25, 0.3) is 0 Å². The molecule has 0 spiro atoms. The van der Waals surface area contributed by atoms with Gasteiger partial charge in [0.2, 0.25) is 11.8 Å². The lowest BCUT2D eigenvalue weighted by molar-refractivity contribution is -0.131. The van der Waals surface area contributed by atoms with Gasteiger partial charge in [-0.1, -0.05) is 0 Å². The van der Waals surface area contributed by atoms with Crippen molar-refractivity contribution in [1.29, 1.82) is 0 Å². The first-order valence-corrected chi connectivity index (χ1v) is 6.11. The topological polar surface area (TPSA) is 107 Å².